The summed E-state index contributed by atoms with van der Waals surface area (Å²) >= 11 is 0. The molecule has 0 aliphatic carbocycles. The fourth-order valence-electron chi connectivity index (χ4n) is 1.94. The summed E-state index contributed by atoms with van der Waals surface area (Å²) in [6, 6.07) is 3.48. The maximum atomic E-state index is 12.8. The molecule has 0 aliphatic rings. The number of carbonyl (C=O) groups excluding carboxylic acids is 1. The van der Waals surface area contributed by atoms with Crippen molar-refractivity contribution in [2.45, 2.75) is 32.9 Å². The molecule has 0 N–H and O–H groups in total. The number of hydrogen-bond donors (Lipinski definition) is 0. The molecule has 1 aromatic carbocycles. The number of esters is 1. The molecule has 0 radical (unpaired) electrons. The molecule has 0 aromatic heterocycles. The monoisotopic (exact) mass is 285 g/mol. The Hall–Kier alpha value is -2.03. The molecule has 1 rings (SSSR count). The Labute approximate surface area is 115 Å². The largest absolute Gasteiger partial charge is 0.466 e. The van der Waals surface area contributed by atoms with Gasteiger partial charge in [-0.3, -0.25) is 4.79 Å². The molecule has 0 saturated heterocycles. The van der Waals surface area contributed by atoms with E-state index in [2.05, 4.69) is 0 Å². The second-order valence-electron chi connectivity index (χ2n) is 4.11. The lowest BCUT2D eigenvalue weighted by Crippen LogP contribution is -2.13. The molecular weight excluding hydrogens is 271 g/mol. The SMILES string of the molecule is CCOC(=O)Cc1cc(C(F)(F)F)cc(C#N)c1CC. The van der Waals surface area contributed by atoms with Crippen molar-refractivity contribution in [2.24, 2.45) is 0 Å². The van der Waals surface area contributed by atoms with Gasteiger partial charge >= 0.3 is 12.1 Å². The topological polar surface area (TPSA) is 50.1 Å². The molecule has 6 heteroatoms. The molecule has 0 unspecified atom stereocenters. The summed E-state index contributed by atoms with van der Waals surface area (Å²) in [4.78, 5) is 11.5. The molecule has 0 heterocycles. The summed E-state index contributed by atoms with van der Waals surface area (Å²) in [6.45, 7) is 3.49. The van der Waals surface area contributed by atoms with Crippen molar-refractivity contribution in [1.29, 1.82) is 5.26 Å². The number of nitriles is 1. The Balaban J connectivity index is 3.32. The third-order valence-corrected chi connectivity index (χ3v) is 2.78. The van der Waals surface area contributed by atoms with E-state index in [0.29, 0.717) is 12.0 Å². The van der Waals surface area contributed by atoms with Crippen molar-refractivity contribution in [3.8, 4) is 6.07 Å². The lowest BCUT2D eigenvalue weighted by atomic mass is 9.94. The lowest BCUT2D eigenvalue weighted by molar-refractivity contribution is -0.142. The van der Waals surface area contributed by atoms with Crippen LogP contribution >= 0.6 is 0 Å². The van der Waals surface area contributed by atoms with E-state index in [1.54, 1.807) is 19.9 Å². The predicted molar refractivity (Wildman–Crippen MR) is 65.9 cm³/mol. The van der Waals surface area contributed by atoms with Crippen molar-refractivity contribution < 1.29 is 22.7 Å². The van der Waals surface area contributed by atoms with Gasteiger partial charge < -0.3 is 4.74 Å². The number of nitrogens with zero attached hydrogens (tertiary/aromatic N) is 1. The van der Waals surface area contributed by atoms with Gasteiger partial charge in [-0.2, -0.15) is 18.4 Å². The summed E-state index contributed by atoms with van der Waals surface area (Å²) < 4.78 is 43.1. The molecule has 0 spiro atoms. The van der Waals surface area contributed by atoms with E-state index in [0.717, 1.165) is 12.1 Å². The molecule has 0 fully saturated rings. The molecule has 0 bridgehead atoms. The van der Waals surface area contributed by atoms with E-state index in [1.165, 1.54) is 0 Å². The smallest absolute Gasteiger partial charge is 0.416 e. The standard InChI is InChI=1S/C14H14F3NO2/c1-3-12-9(7-13(19)20-4-2)5-11(14(15,16)17)6-10(12)8-18/h5-6H,3-4,7H2,1-2H3. The van der Waals surface area contributed by atoms with Gasteiger partial charge in [-0.25, -0.2) is 0 Å². The van der Waals surface area contributed by atoms with Gasteiger partial charge in [0, 0.05) is 0 Å². The summed E-state index contributed by atoms with van der Waals surface area (Å²) in [7, 11) is 0. The van der Waals surface area contributed by atoms with Gasteiger partial charge in [0.05, 0.1) is 30.2 Å². The van der Waals surface area contributed by atoms with Gasteiger partial charge in [0.2, 0.25) is 0 Å². The Morgan fingerprint density at radius 3 is 2.45 bits per heavy atom. The maximum absolute atomic E-state index is 12.8. The maximum Gasteiger partial charge on any atom is 0.416 e. The Morgan fingerprint density at radius 1 is 1.35 bits per heavy atom. The van der Waals surface area contributed by atoms with Gasteiger partial charge in [0.15, 0.2) is 0 Å². The first-order chi connectivity index (χ1) is 9.33. The van der Waals surface area contributed by atoms with Crippen LogP contribution in [0.3, 0.4) is 0 Å². The van der Waals surface area contributed by atoms with E-state index < -0.39 is 17.7 Å². The number of halogens is 3. The molecule has 1 aromatic rings. The van der Waals surface area contributed by atoms with Crippen LogP contribution in [-0.4, -0.2) is 12.6 Å². The molecule has 20 heavy (non-hydrogen) atoms. The normalized spacial score (nSPS) is 11.0. The van der Waals surface area contributed by atoms with Crippen LogP contribution in [0.1, 0.15) is 36.1 Å². The summed E-state index contributed by atoms with van der Waals surface area (Å²) in [6.07, 6.45) is -4.45. The van der Waals surface area contributed by atoms with Gasteiger partial charge in [-0.15, -0.1) is 0 Å². The molecule has 0 amide bonds. The molecule has 3 nitrogen and oxygen atoms in total. The highest BCUT2D eigenvalue weighted by atomic mass is 19.4. The summed E-state index contributed by atoms with van der Waals surface area (Å²) in [5.41, 5.74) is -0.335. The van der Waals surface area contributed by atoms with Gasteiger partial charge in [0.25, 0.3) is 0 Å². The molecule has 108 valence electrons. The van der Waals surface area contributed by atoms with Crippen LogP contribution in [0.5, 0.6) is 0 Å². The van der Waals surface area contributed by atoms with Crippen LogP contribution < -0.4 is 0 Å². The van der Waals surface area contributed by atoms with E-state index in [1.807, 2.05) is 0 Å². The zero-order chi connectivity index (χ0) is 15.3. The second kappa shape index (κ2) is 6.42. The van der Waals surface area contributed by atoms with Crippen LogP contribution in [0.15, 0.2) is 12.1 Å². The van der Waals surface area contributed by atoms with Gasteiger partial charge in [-0.05, 0) is 36.6 Å². The van der Waals surface area contributed by atoms with Crippen LogP contribution in [0.25, 0.3) is 0 Å². The highest BCUT2D eigenvalue weighted by Gasteiger charge is 2.32. The lowest BCUT2D eigenvalue weighted by Gasteiger charge is -2.14. The third kappa shape index (κ3) is 3.73. The van der Waals surface area contributed by atoms with Crippen LogP contribution in [0, 0.1) is 11.3 Å². The first-order valence-corrected chi connectivity index (χ1v) is 6.12. The highest BCUT2D eigenvalue weighted by molar-refractivity contribution is 5.73. The van der Waals surface area contributed by atoms with Crippen LogP contribution in [0.4, 0.5) is 13.2 Å². The molecule has 0 atom stereocenters. The summed E-state index contributed by atoms with van der Waals surface area (Å²) in [5.74, 6) is -0.606. The highest BCUT2D eigenvalue weighted by Crippen LogP contribution is 2.32. The number of benzene rings is 1. The van der Waals surface area contributed by atoms with E-state index in [9.17, 15) is 18.0 Å². The van der Waals surface area contributed by atoms with Crippen LogP contribution in [-0.2, 0) is 28.5 Å². The molecule has 0 aliphatic heterocycles. The van der Waals surface area contributed by atoms with Gasteiger partial charge in [0.1, 0.15) is 0 Å². The first-order valence-electron chi connectivity index (χ1n) is 6.12. The number of carbonyl (C=O) groups is 1. The fourth-order valence-corrected chi connectivity index (χ4v) is 1.94. The molecular formula is C14H14F3NO2. The second-order valence-corrected chi connectivity index (χ2v) is 4.11. The predicted octanol–water partition coefficient (Wildman–Crippen LogP) is 3.25. The number of ether oxygens (including phenoxy) is 1. The minimum Gasteiger partial charge on any atom is -0.466 e. The van der Waals surface area contributed by atoms with Crippen molar-refractivity contribution >= 4 is 5.97 Å². The van der Waals surface area contributed by atoms with Gasteiger partial charge in [-0.1, -0.05) is 6.92 Å². The third-order valence-electron chi connectivity index (χ3n) is 2.78. The average molecular weight is 285 g/mol. The number of alkyl halides is 3. The van der Waals surface area contributed by atoms with Crippen molar-refractivity contribution in [1.82, 2.24) is 0 Å². The minimum absolute atomic E-state index is 0.0541. The molecule has 0 saturated carbocycles. The number of hydrogen-bond acceptors (Lipinski definition) is 3. The fraction of sp³-hybridized carbons (Fsp3) is 0.429. The zero-order valence-electron chi connectivity index (χ0n) is 11.2. The van der Waals surface area contributed by atoms with E-state index in [4.69, 9.17) is 10.00 Å². The average Bonchev–Trinajstić information content (AvgIpc) is 2.36. The quantitative estimate of drug-likeness (QED) is 0.798. The minimum atomic E-state index is -4.55. The van der Waals surface area contributed by atoms with E-state index >= 15 is 0 Å². The van der Waals surface area contributed by atoms with Crippen LogP contribution in [0.2, 0.25) is 0 Å². The van der Waals surface area contributed by atoms with Crippen molar-refractivity contribution in [3.05, 3.63) is 34.4 Å². The number of rotatable bonds is 4. The van der Waals surface area contributed by atoms with E-state index in [-0.39, 0.29) is 24.2 Å². The first kappa shape index (κ1) is 16.0. The Kier molecular flexibility index (Phi) is 5.14. The van der Waals surface area contributed by atoms with Crippen molar-refractivity contribution in [3.63, 3.8) is 0 Å². The van der Waals surface area contributed by atoms with Crippen molar-refractivity contribution in [2.75, 3.05) is 6.61 Å². The Morgan fingerprint density at radius 2 is 2.00 bits per heavy atom. The Bertz CT molecular complexity index is 545. The zero-order valence-corrected chi connectivity index (χ0v) is 11.2. The summed E-state index contributed by atoms with van der Waals surface area (Å²) in [5, 5.41) is 8.97.